The third-order valence-electron chi connectivity index (χ3n) is 3.33. The van der Waals surface area contributed by atoms with E-state index in [1.165, 1.54) is 0 Å². The second kappa shape index (κ2) is 6.26. The molecular formula is C14H18ClNO3. The van der Waals surface area contributed by atoms with Crippen LogP contribution in [-0.2, 0) is 4.79 Å². The van der Waals surface area contributed by atoms with Gasteiger partial charge in [-0.1, -0.05) is 17.7 Å². The van der Waals surface area contributed by atoms with Gasteiger partial charge in [0.05, 0.1) is 12.6 Å². The van der Waals surface area contributed by atoms with Crippen LogP contribution < -0.4 is 4.74 Å². The molecule has 0 aliphatic carbocycles. The molecule has 5 heteroatoms. The minimum atomic E-state index is -0.578. The molecule has 0 saturated carbocycles. The first-order valence-corrected chi connectivity index (χ1v) is 6.83. The number of hydrogen-bond acceptors (Lipinski definition) is 3. The zero-order valence-corrected chi connectivity index (χ0v) is 11.6. The number of aliphatic hydroxyl groups excluding tert-OH is 1. The monoisotopic (exact) mass is 283 g/mol. The first kappa shape index (κ1) is 14.2. The highest BCUT2D eigenvalue weighted by Gasteiger charge is 2.31. The Balaban J connectivity index is 1.99. The lowest BCUT2D eigenvalue weighted by Gasteiger charge is -2.26. The van der Waals surface area contributed by atoms with Gasteiger partial charge in [0, 0.05) is 11.6 Å². The Morgan fingerprint density at radius 1 is 1.63 bits per heavy atom. The largest absolute Gasteiger partial charge is 0.481 e. The summed E-state index contributed by atoms with van der Waals surface area (Å²) in [4.78, 5) is 14.0. The summed E-state index contributed by atoms with van der Waals surface area (Å²) in [5.41, 5.74) is 0. The smallest absolute Gasteiger partial charge is 0.263 e. The van der Waals surface area contributed by atoms with Crippen LogP contribution in [0.2, 0.25) is 5.02 Å². The van der Waals surface area contributed by atoms with Crippen LogP contribution in [0, 0.1) is 0 Å². The fourth-order valence-electron chi connectivity index (χ4n) is 2.34. The molecule has 4 nitrogen and oxygen atoms in total. The summed E-state index contributed by atoms with van der Waals surface area (Å²) in [5.74, 6) is 0.490. The Kier molecular flexibility index (Phi) is 4.66. The lowest BCUT2D eigenvalue weighted by Crippen LogP contribution is -2.44. The molecule has 1 saturated heterocycles. The number of carbonyl (C=O) groups excluding carboxylic acids is 1. The zero-order valence-electron chi connectivity index (χ0n) is 10.9. The van der Waals surface area contributed by atoms with Gasteiger partial charge < -0.3 is 14.7 Å². The number of ether oxygens (including phenoxy) is 1. The zero-order chi connectivity index (χ0) is 13.8. The Morgan fingerprint density at radius 3 is 3.11 bits per heavy atom. The van der Waals surface area contributed by atoms with Crippen molar-refractivity contribution in [1.29, 1.82) is 0 Å². The third kappa shape index (κ3) is 3.39. The number of amides is 1. The number of benzene rings is 1. The van der Waals surface area contributed by atoms with E-state index in [0.717, 1.165) is 12.8 Å². The molecule has 1 fully saturated rings. The van der Waals surface area contributed by atoms with Gasteiger partial charge in [-0.05, 0) is 38.0 Å². The van der Waals surface area contributed by atoms with Crippen molar-refractivity contribution in [2.75, 3.05) is 13.2 Å². The van der Waals surface area contributed by atoms with E-state index in [2.05, 4.69) is 0 Å². The minimum Gasteiger partial charge on any atom is -0.481 e. The van der Waals surface area contributed by atoms with Gasteiger partial charge in [-0.25, -0.2) is 0 Å². The summed E-state index contributed by atoms with van der Waals surface area (Å²) in [6.07, 6.45) is 1.21. The second-order valence-electron chi connectivity index (χ2n) is 4.73. The molecule has 0 aromatic heterocycles. The topological polar surface area (TPSA) is 49.8 Å². The maximum atomic E-state index is 12.3. The summed E-state index contributed by atoms with van der Waals surface area (Å²) in [6, 6.07) is 6.91. The number of rotatable bonds is 4. The maximum Gasteiger partial charge on any atom is 0.263 e. The average molecular weight is 284 g/mol. The molecule has 19 heavy (non-hydrogen) atoms. The highest BCUT2D eigenvalue weighted by atomic mass is 35.5. The van der Waals surface area contributed by atoms with Gasteiger partial charge in [0.1, 0.15) is 5.75 Å². The van der Waals surface area contributed by atoms with Crippen molar-refractivity contribution < 1.29 is 14.6 Å². The summed E-state index contributed by atoms with van der Waals surface area (Å²) < 4.78 is 5.60. The van der Waals surface area contributed by atoms with Gasteiger partial charge in [-0.15, -0.1) is 0 Å². The number of hydrogen-bond donors (Lipinski definition) is 1. The van der Waals surface area contributed by atoms with Gasteiger partial charge in [-0.3, -0.25) is 4.79 Å². The van der Waals surface area contributed by atoms with Crippen molar-refractivity contribution in [3.8, 4) is 5.75 Å². The molecule has 1 aromatic carbocycles. The summed E-state index contributed by atoms with van der Waals surface area (Å²) in [6.45, 7) is 2.42. The van der Waals surface area contributed by atoms with Gasteiger partial charge >= 0.3 is 0 Å². The van der Waals surface area contributed by atoms with E-state index in [0.29, 0.717) is 17.3 Å². The Bertz CT molecular complexity index is 452. The van der Waals surface area contributed by atoms with Crippen LogP contribution in [-0.4, -0.2) is 41.2 Å². The standard InChI is InChI=1S/C14H18ClNO3/c1-10(19-13-6-2-4-11(15)8-13)14(18)16-7-3-5-12(16)9-17/h2,4,6,8,10,12,17H,3,5,7,9H2,1H3/t10?,12-/m0/s1. The van der Waals surface area contributed by atoms with Crippen LogP contribution in [0.3, 0.4) is 0 Å². The van der Waals surface area contributed by atoms with Crippen LogP contribution in [0.4, 0.5) is 0 Å². The average Bonchev–Trinajstić information content (AvgIpc) is 2.86. The highest BCUT2D eigenvalue weighted by molar-refractivity contribution is 6.30. The summed E-state index contributed by atoms with van der Waals surface area (Å²) in [5, 5.41) is 9.82. The molecule has 1 aliphatic heterocycles. The first-order chi connectivity index (χ1) is 9.11. The van der Waals surface area contributed by atoms with Crippen LogP contribution in [0.5, 0.6) is 5.75 Å². The number of carbonyl (C=O) groups is 1. The Morgan fingerprint density at radius 2 is 2.42 bits per heavy atom. The van der Waals surface area contributed by atoms with Gasteiger partial charge in [0.25, 0.3) is 5.91 Å². The molecule has 1 N–H and O–H groups in total. The van der Waals surface area contributed by atoms with Crippen molar-refractivity contribution in [3.63, 3.8) is 0 Å². The van der Waals surface area contributed by atoms with E-state index in [4.69, 9.17) is 16.3 Å². The fraction of sp³-hybridized carbons (Fsp3) is 0.500. The van der Waals surface area contributed by atoms with Crippen molar-refractivity contribution in [3.05, 3.63) is 29.3 Å². The van der Waals surface area contributed by atoms with Gasteiger partial charge in [0.2, 0.25) is 0 Å². The van der Waals surface area contributed by atoms with Crippen molar-refractivity contribution in [1.82, 2.24) is 4.90 Å². The minimum absolute atomic E-state index is 0.00955. The van der Waals surface area contributed by atoms with E-state index < -0.39 is 6.10 Å². The Hall–Kier alpha value is -1.26. The van der Waals surface area contributed by atoms with E-state index >= 15 is 0 Å². The molecule has 0 bridgehead atoms. The van der Waals surface area contributed by atoms with Crippen molar-refractivity contribution in [2.24, 2.45) is 0 Å². The second-order valence-corrected chi connectivity index (χ2v) is 5.16. The molecule has 1 aromatic rings. The quantitative estimate of drug-likeness (QED) is 0.920. The first-order valence-electron chi connectivity index (χ1n) is 6.45. The number of aliphatic hydroxyl groups is 1. The summed E-state index contributed by atoms with van der Waals surface area (Å²) >= 11 is 5.87. The molecule has 1 aliphatic rings. The Labute approximate surface area is 117 Å². The number of likely N-dealkylation sites (tertiary alicyclic amines) is 1. The predicted octanol–water partition coefficient (Wildman–Crippen LogP) is 2.09. The van der Waals surface area contributed by atoms with Crippen LogP contribution in [0.1, 0.15) is 19.8 Å². The molecule has 2 rings (SSSR count). The molecule has 1 unspecified atom stereocenters. The molecule has 104 valence electrons. The lowest BCUT2D eigenvalue weighted by atomic mass is 10.2. The van der Waals surface area contributed by atoms with Crippen molar-refractivity contribution in [2.45, 2.75) is 31.9 Å². The fourth-order valence-corrected chi connectivity index (χ4v) is 2.52. The van der Waals surface area contributed by atoms with Gasteiger partial charge in [0.15, 0.2) is 6.10 Å². The molecule has 2 atom stereocenters. The normalized spacial score (nSPS) is 20.4. The van der Waals surface area contributed by atoms with Crippen LogP contribution in [0.25, 0.3) is 0 Å². The number of halogens is 1. The van der Waals surface area contributed by atoms with E-state index in [1.807, 2.05) is 0 Å². The molecule has 0 radical (unpaired) electrons. The molecule has 0 spiro atoms. The van der Waals surface area contributed by atoms with E-state index in [1.54, 1.807) is 36.1 Å². The van der Waals surface area contributed by atoms with E-state index in [-0.39, 0.29) is 18.6 Å². The summed E-state index contributed by atoms with van der Waals surface area (Å²) in [7, 11) is 0. The predicted molar refractivity (Wildman–Crippen MR) is 73.4 cm³/mol. The van der Waals surface area contributed by atoms with E-state index in [9.17, 15) is 9.90 Å². The third-order valence-corrected chi connectivity index (χ3v) is 3.56. The van der Waals surface area contributed by atoms with Gasteiger partial charge in [-0.2, -0.15) is 0 Å². The molecule has 1 amide bonds. The molecular weight excluding hydrogens is 266 g/mol. The molecule has 1 heterocycles. The number of nitrogens with zero attached hydrogens (tertiary/aromatic N) is 1. The van der Waals surface area contributed by atoms with Crippen LogP contribution in [0.15, 0.2) is 24.3 Å². The van der Waals surface area contributed by atoms with Crippen molar-refractivity contribution >= 4 is 17.5 Å². The SMILES string of the molecule is CC(Oc1cccc(Cl)c1)C(=O)N1CCC[C@H]1CO. The maximum absolute atomic E-state index is 12.3. The highest BCUT2D eigenvalue weighted by Crippen LogP contribution is 2.21. The lowest BCUT2D eigenvalue weighted by molar-refractivity contribution is -0.139. The van der Waals surface area contributed by atoms with Crippen LogP contribution >= 0.6 is 11.6 Å².